The number of hydrogen-bond acceptors (Lipinski definition) is 3. The van der Waals surface area contributed by atoms with Gasteiger partial charge in [-0.2, -0.15) is 0 Å². The van der Waals surface area contributed by atoms with Crippen LogP contribution in [0.15, 0.2) is 29.1 Å². The molecule has 3 rings (SSSR count). The number of amides is 1. The molecular formula is C14H14ClN3O2. The van der Waals surface area contributed by atoms with Gasteiger partial charge < -0.3 is 5.32 Å². The molecule has 0 aliphatic carbocycles. The van der Waals surface area contributed by atoms with Crippen molar-refractivity contribution >= 4 is 28.4 Å². The van der Waals surface area contributed by atoms with Gasteiger partial charge in [0.25, 0.3) is 5.56 Å². The summed E-state index contributed by atoms with van der Waals surface area (Å²) in [5.41, 5.74) is 0.494. The van der Waals surface area contributed by atoms with Crippen molar-refractivity contribution in [2.24, 2.45) is 0 Å². The Kier molecular flexibility index (Phi) is 3.22. The van der Waals surface area contributed by atoms with Crippen molar-refractivity contribution in [3.8, 4) is 0 Å². The molecule has 2 atom stereocenters. The minimum Gasteiger partial charge on any atom is -0.354 e. The van der Waals surface area contributed by atoms with Crippen LogP contribution >= 0.6 is 11.6 Å². The van der Waals surface area contributed by atoms with Gasteiger partial charge in [0.15, 0.2) is 0 Å². The lowest BCUT2D eigenvalue weighted by molar-refractivity contribution is -0.119. The Morgan fingerprint density at radius 1 is 1.40 bits per heavy atom. The SMILES string of the molecule is CC(Cl)c1nc2ccccc2c(=O)n1C1CNC(=O)C1. The third-order valence-corrected chi connectivity index (χ3v) is 3.71. The second kappa shape index (κ2) is 4.90. The Hall–Kier alpha value is -1.88. The van der Waals surface area contributed by atoms with Gasteiger partial charge in [-0.15, -0.1) is 11.6 Å². The highest BCUT2D eigenvalue weighted by Gasteiger charge is 2.28. The average Bonchev–Trinajstić information content (AvgIpc) is 2.85. The van der Waals surface area contributed by atoms with Gasteiger partial charge in [-0.25, -0.2) is 4.98 Å². The summed E-state index contributed by atoms with van der Waals surface area (Å²) < 4.78 is 1.57. The monoisotopic (exact) mass is 291 g/mol. The molecule has 1 aromatic heterocycles. The maximum absolute atomic E-state index is 12.7. The summed E-state index contributed by atoms with van der Waals surface area (Å²) in [4.78, 5) is 28.6. The van der Waals surface area contributed by atoms with E-state index in [4.69, 9.17) is 11.6 Å². The van der Waals surface area contributed by atoms with E-state index in [9.17, 15) is 9.59 Å². The number of para-hydroxylation sites is 1. The topological polar surface area (TPSA) is 64.0 Å². The Morgan fingerprint density at radius 2 is 2.15 bits per heavy atom. The van der Waals surface area contributed by atoms with Crippen molar-refractivity contribution in [2.45, 2.75) is 24.8 Å². The summed E-state index contributed by atoms with van der Waals surface area (Å²) in [5, 5.41) is 2.89. The number of rotatable bonds is 2. The number of halogens is 1. The van der Waals surface area contributed by atoms with Crippen molar-refractivity contribution in [3.05, 3.63) is 40.4 Å². The normalized spacial score (nSPS) is 20.1. The maximum Gasteiger partial charge on any atom is 0.261 e. The van der Waals surface area contributed by atoms with Crippen molar-refractivity contribution in [3.63, 3.8) is 0 Å². The third kappa shape index (κ3) is 2.08. The first-order chi connectivity index (χ1) is 9.58. The van der Waals surface area contributed by atoms with Crippen LogP contribution in [0, 0.1) is 0 Å². The number of carbonyl (C=O) groups excluding carboxylic acids is 1. The summed E-state index contributed by atoms with van der Waals surface area (Å²) >= 11 is 6.17. The molecule has 2 heterocycles. The first kappa shape index (κ1) is 13.1. The molecule has 2 unspecified atom stereocenters. The minimum atomic E-state index is -0.400. The van der Waals surface area contributed by atoms with Crippen LogP contribution in [0.5, 0.6) is 0 Å². The van der Waals surface area contributed by atoms with E-state index in [1.807, 2.05) is 6.07 Å². The Labute approximate surface area is 120 Å². The van der Waals surface area contributed by atoms with Crippen LogP contribution in [0.25, 0.3) is 10.9 Å². The number of fused-ring (bicyclic) bond motifs is 1. The van der Waals surface area contributed by atoms with Gasteiger partial charge >= 0.3 is 0 Å². The van der Waals surface area contributed by atoms with E-state index in [2.05, 4.69) is 10.3 Å². The standard InChI is InChI=1S/C14H14ClN3O2/c1-8(15)13-17-11-5-3-2-4-10(11)14(20)18(13)9-6-12(19)16-7-9/h2-5,8-9H,6-7H2,1H3,(H,16,19). The zero-order valence-electron chi connectivity index (χ0n) is 11.0. The summed E-state index contributed by atoms with van der Waals surface area (Å²) in [6.45, 7) is 2.22. The Bertz CT molecular complexity index is 739. The second-order valence-corrected chi connectivity index (χ2v) is 5.59. The molecule has 0 radical (unpaired) electrons. The van der Waals surface area contributed by atoms with E-state index >= 15 is 0 Å². The van der Waals surface area contributed by atoms with Gasteiger partial charge in [0.05, 0.1) is 22.3 Å². The van der Waals surface area contributed by atoms with Crippen molar-refractivity contribution in [1.29, 1.82) is 0 Å². The fraction of sp³-hybridized carbons (Fsp3) is 0.357. The molecule has 1 aliphatic heterocycles. The molecule has 104 valence electrons. The van der Waals surface area contributed by atoms with Crippen LogP contribution in [0.4, 0.5) is 0 Å². The van der Waals surface area contributed by atoms with E-state index in [0.717, 1.165) is 0 Å². The fourth-order valence-electron chi connectivity index (χ4n) is 2.57. The molecule has 0 saturated carbocycles. The molecule has 1 saturated heterocycles. The van der Waals surface area contributed by atoms with Gasteiger partial charge in [0, 0.05) is 13.0 Å². The molecule has 2 aromatic rings. The number of aromatic nitrogens is 2. The minimum absolute atomic E-state index is 0.0526. The third-order valence-electron chi connectivity index (χ3n) is 3.51. The van der Waals surface area contributed by atoms with Crippen LogP contribution in [0.3, 0.4) is 0 Å². The zero-order chi connectivity index (χ0) is 14.3. The lowest BCUT2D eigenvalue weighted by Crippen LogP contribution is -2.30. The predicted molar refractivity (Wildman–Crippen MR) is 76.9 cm³/mol. The van der Waals surface area contributed by atoms with Crippen LogP contribution in [0.2, 0.25) is 0 Å². The Morgan fingerprint density at radius 3 is 2.80 bits per heavy atom. The number of benzene rings is 1. The highest BCUT2D eigenvalue weighted by Crippen LogP contribution is 2.24. The Balaban J connectivity index is 2.27. The van der Waals surface area contributed by atoms with E-state index in [0.29, 0.717) is 23.3 Å². The number of carbonyl (C=O) groups is 1. The van der Waals surface area contributed by atoms with Crippen LogP contribution in [0.1, 0.15) is 30.6 Å². The second-order valence-electron chi connectivity index (χ2n) is 4.94. The first-order valence-corrected chi connectivity index (χ1v) is 6.93. The average molecular weight is 292 g/mol. The zero-order valence-corrected chi connectivity index (χ0v) is 11.7. The van der Waals surface area contributed by atoms with E-state index < -0.39 is 5.38 Å². The lowest BCUT2D eigenvalue weighted by atomic mass is 10.2. The summed E-state index contributed by atoms with van der Waals surface area (Å²) in [5.74, 6) is 0.458. The van der Waals surface area contributed by atoms with Crippen LogP contribution < -0.4 is 10.9 Å². The summed E-state index contributed by atoms with van der Waals surface area (Å²) in [6.07, 6.45) is 0.288. The van der Waals surface area contributed by atoms with Gasteiger partial charge in [-0.3, -0.25) is 14.2 Å². The largest absolute Gasteiger partial charge is 0.354 e. The quantitative estimate of drug-likeness (QED) is 0.858. The van der Waals surface area contributed by atoms with Gasteiger partial charge in [0.2, 0.25) is 5.91 Å². The van der Waals surface area contributed by atoms with Crippen molar-refractivity contribution < 1.29 is 4.79 Å². The fourth-order valence-corrected chi connectivity index (χ4v) is 2.72. The smallest absolute Gasteiger partial charge is 0.261 e. The molecule has 20 heavy (non-hydrogen) atoms. The molecule has 6 heteroatoms. The molecular weight excluding hydrogens is 278 g/mol. The summed E-state index contributed by atoms with van der Waals surface area (Å²) in [6, 6.07) is 6.96. The first-order valence-electron chi connectivity index (χ1n) is 6.50. The van der Waals surface area contributed by atoms with Crippen LogP contribution in [-0.2, 0) is 4.79 Å². The molecule has 1 aliphatic rings. The van der Waals surface area contributed by atoms with E-state index in [-0.39, 0.29) is 23.9 Å². The van der Waals surface area contributed by atoms with Crippen LogP contribution in [-0.4, -0.2) is 22.0 Å². The highest BCUT2D eigenvalue weighted by molar-refractivity contribution is 6.20. The molecule has 1 amide bonds. The number of nitrogens with one attached hydrogen (secondary N) is 1. The van der Waals surface area contributed by atoms with Gasteiger partial charge in [0.1, 0.15) is 5.82 Å². The number of hydrogen-bond donors (Lipinski definition) is 1. The molecule has 0 bridgehead atoms. The van der Waals surface area contributed by atoms with Crippen molar-refractivity contribution in [1.82, 2.24) is 14.9 Å². The molecule has 5 nitrogen and oxygen atoms in total. The van der Waals surface area contributed by atoms with Gasteiger partial charge in [-0.05, 0) is 19.1 Å². The van der Waals surface area contributed by atoms with Crippen molar-refractivity contribution in [2.75, 3.05) is 6.54 Å². The highest BCUT2D eigenvalue weighted by atomic mass is 35.5. The van der Waals surface area contributed by atoms with E-state index in [1.165, 1.54) is 0 Å². The maximum atomic E-state index is 12.7. The van der Waals surface area contributed by atoms with E-state index in [1.54, 1.807) is 29.7 Å². The predicted octanol–water partition coefficient (Wildman–Crippen LogP) is 1.76. The molecule has 1 fully saturated rings. The molecule has 0 spiro atoms. The lowest BCUT2D eigenvalue weighted by Gasteiger charge is -2.19. The number of nitrogens with zero attached hydrogens (tertiary/aromatic N) is 2. The summed E-state index contributed by atoms with van der Waals surface area (Å²) in [7, 11) is 0. The molecule has 1 N–H and O–H groups in total. The number of alkyl halides is 1. The molecule has 1 aromatic carbocycles. The van der Waals surface area contributed by atoms with Gasteiger partial charge in [-0.1, -0.05) is 12.1 Å².